The van der Waals surface area contributed by atoms with Gasteiger partial charge in [0.25, 0.3) is 0 Å². The molecule has 0 saturated carbocycles. The lowest BCUT2D eigenvalue weighted by molar-refractivity contribution is 0.143. The van der Waals surface area contributed by atoms with Crippen molar-refractivity contribution in [3.05, 3.63) is 59.1 Å². The number of halogens is 2. The molecule has 1 aromatic carbocycles. The normalized spacial score (nSPS) is 17.0. The van der Waals surface area contributed by atoms with E-state index in [4.69, 9.17) is 4.98 Å². The minimum atomic E-state index is 0. The van der Waals surface area contributed by atoms with Crippen LogP contribution in [0.15, 0.2) is 42.0 Å². The molecule has 0 amide bonds. The van der Waals surface area contributed by atoms with E-state index in [0.717, 1.165) is 42.7 Å². The molecule has 5 nitrogen and oxygen atoms in total. The first-order valence-corrected chi connectivity index (χ1v) is 10.5. The van der Waals surface area contributed by atoms with Gasteiger partial charge >= 0.3 is 0 Å². The molecule has 0 spiro atoms. The van der Waals surface area contributed by atoms with Crippen LogP contribution >= 0.6 is 36.2 Å². The van der Waals surface area contributed by atoms with Crippen LogP contribution in [0.2, 0.25) is 0 Å². The largest absolute Gasteiger partial charge is 0.337 e. The minimum Gasteiger partial charge on any atom is -0.337 e. The van der Waals surface area contributed by atoms with Crippen LogP contribution in [0.5, 0.6) is 0 Å². The molecule has 1 unspecified atom stereocenters. The molecule has 1 atom stereocenters. The molecule has 3 aromatic rings. The lowest BCUT2D eigenvalue weighted by atomic mass is 10.0. The van der Waals surface area contributed by atoms with E-state index in [-0.39, 0.29) is 30.9 Å². The number of aryl methyl sites for hydroxylation is 1. The highest BCUT2D eigenvalue weighted by atomic mass is 35.5. The summed E-state index contributed by atoms with van der Waals surface area (Å²) in [5, 5.41) is 6.80. The maximum atomic E-state index is 4.92. The molecule has 3 heterocycles. The Bertz CT molecular complexity index is 891. The van der Waals surface area contributed by atoms with Crippen molar-refractivity contribution in [1.29, 1.82) is 0 Å². The Morgan fingerprint density at radius 1 is 1.21 bits per heavy atom. The van der Waals surface area contributed by atoms with Gasteiger partial charge in [-0.2, -0.15) is 0 Å². The van der Waals surface area contributed by atoms with Crippen LogP contribution in [0.25, 0.3) is 10.6 Å². The van der Waals surface area contributed by atoms with E-state index < -0.39 is 0 Å². The maximum absolute atomic E-state index is 4.92. The van der Waals surface area contributed by atoms with Gasteiger partial charge in [-0.1, -0.05) is 38.1 Å². The van der Waals surface area contributed by atoms with Crippen LogP contribution < -0.4 is 5.32 Å². The molecule has 1 aliphatic heterocycles. The summed E-state index contributed by atoms with van der Waals surface area (Å²) in [6.07, 6.45) is 3.90. The summed E-state index contributed by atoms with van der Waals surface area (Å²) < 4.78 is 2.12. The SMILES string of the molecule is CC(C)c1ccc(-c2nc(CN3CCNCC3c3nccn3C)cs2)cc1.Cl.Cl. The fourth-order valence-electron chi connectivity index (χ4n) is 3.62. The fourth-order valence-corrected chi connectivity index (χ4v) is 4.44. The average Bonchev–Trinajstić information content (AvgIpc) is 3.31. The van der Waals surface area contributed by atoms with Gasteiger partial charge in [0.15, 0.2) is 0 Å². The molecule has 2 aromatic heterocycles. The standard InChI is InChI=1S/C21H27N5S.2ClH/c1-15(2)16-4-6-17(7-5-16)21-24-18(14-27-21)13-26-11-8-22-12-19(26)20-23-9-10-25(20)3;;/h4-7,9-10,14-15,19,22H,8,11-13H2,1-3H3;2*1H. The van der Waals surface area contributed by atoms with Gasteiger partial charge in [-0.3, -0.25) is 4.90 Å². The van der Waals surface area contributed by atoms with Gasteiger partial charge in [0.1, 0.15) is 10.8 Å². The third-order valence-corrected chi connectivity index (χ3v) is 6.19. The number of piperazine rings is 1. The molecule has 4 rings (SSSR count). The number of nitrogens with one attached hydrogen (secondary N) is 1. The van der Waals surface area contributed by atoms with Gasteiger partial charge in [0, 0.05) is 56.6 Å². The Kier molecular flexibility index (Phi) is 8.67. The van der Waals surface area contributed by atoms with Gasteiger partial charge in [0.05, 0.1) is 11.7 Å². The Morgan fingerprint density at radius 3 is 2.62 bits per heavy atom. The number of hydrogen-bond acceptors (Lipinski definition) is 5. The number of thiazole rings is 1. The molecule has 29 heavy (non-hydrogen) atoms. The van der Waals surface area contributed by atoms with E-state index in [9.17, 15) is 0 Å². The van der Waals surface area contributed by atoms with E-state index in [2.05, 4.69) is 70.3 Å². The zero-order chi connectivity index (χ0) is 18.8. The van der Waals surface area contributed by atoms with E-state index in [1.54, 1.807) is 11.3 Å². The van der Waals surface area contributed by atoms with Crippen LogP contribution in [0.3, 0.4) is 0 Å². The molecular weight excluding hydrogens is 425 g/mol. The highest BCUT2D eigenvalue weighted by Crippen LogP contribution is 2.28. The molecule has 158 valence electrons. The summed E-state index contributed by atoms with van der Waals surface area (Å²) in [5.41, 5.74) is 3.72. The summed E-state index contributed by atoms with van der Waals surface area (Å²) >= 11 is 1.73. The van der Waals surface area contributed by atoms with E-state index in [0.29, 0.717) is 5.92 Å². The van der Waals surface area contributed by atoms with Gasteiger partial charge in [0.2, 0.25) is 0 Å². The third kappa shape index (κ3) is 5.38. The van der Waals surface area contributed by atoms with E-state index in [1.807, 2.05) is 12.4 Å². The van der Waals surface area contributed by atoms with Crippen molar-refractivity contribution in [2.45, 2.75) is 32.4 Å². The highest BCUT2D eigenvalue weighted by Gasteiger charge is 2.27. The Balaban J connectivity index is 0.00000150. The first-order valence-electron chi connectivity index (χ1n) is 9.58. The highest BCUT2D eigenvalue weighted by molar-refractivity contribution is 7.13. The second-order valence-electron chi connectivity index (χ2n) is 7.51. The summed E-state index contributed by atoms with van der Waals surface area (Å²) in [4.78, 5) is 12.0. The predicted molar refractivity (Wildman–Crippen MR) is 125 cm³/mol. The Morgan fingerprint density at radius 2 is 1.97 bits per heavy atom. The smallest absolute Gasteiger partial charge is 0.127 e. The molecule has 0 radical (unpaired) electrons. The first-order chi connectivity index (χ1) is 13.1. The van der Waals surface area contributed by atoms with Gasteiger partial charge in [-0.25, -0.2) is 9.97 Å². The number of benzene rings is 1. The number of hydrogen-bond donors (Lipinski definition) is 1. The lowest BCUT2D eigenvalue weighted by Crippen LogP contribution is -2.46. The second kappa shape index (κ2) is 10.5. The molecule has 0 aliphatic carbocycles. The molecule has 1 N–H and O–H groups in total. The molecule has 8 heteroatoms. The average molecular weight is 454 g/mol. The van der Waals surface area contributed by atoms with E-state index >= 15 is 0 Å². The number of imidazole rings is 1. The predicted octanol–water partition coefficient (Wildman–Crippen LogP) is 4.66. The van der Waals surface area contributed by atoms with Crippen LogP contribution in [0.1, 0.15) is 42.9 Å². The fraction of sp³-hybridized carbons (Fsp3) is 0.429. The van der Waals surface area contributed by atoms with Crippen molar-refractivity contribution in [3.8, 4) is 10.6 Å². The van der Waals surface area contributed by atoms with Crippen LogP contribution in [-0.4, -0.2) is 39.1 Å². The number of aromatic nitrogens is 3. The summed E-state index contributed by atoms with van der Waals surface area (Å²) in [7, 11) is 2.07. The van der Waals surface area contributed by atoms with Crippen LogP contribution in [0, 0.1) is 0 Å². The van der Waals surface area contributed by atoms with Crippen molar-refractivity contribution in [3.63, 3.8) is 0 Å². The van der Waals surface area contributed by atoms with Crippen LogP contribution in [-0.2, 0) is 13.6 Å². The maximum Gasteiger partial charge on any atom is 0.127 e. The van der Waals surface area contributed by atoms with Crippen molar-refractivity contribution in [2.24, 2.45) is 7.05 Å². The number of rotatable bonds is 5. The molecule has 1 aliphatic rings. The third-order valence-electron chi connectivity index (χ3n) is 5.25. The minimum absolute atomic E-state index is 0. The quantitative estimate of drug-likeness (QED) is 0.609. The Hall–Kier alpha value is -1.44. The van der Waals surface area contributed by atoms with Crippen LogP contribution in [0.4, 0.5) is 0 Å². The van der Waals surface area contributed by atoms with Crippen molar-refractivity contribution in [1.82, 2.24) is 24.8 Å². The number of nitrogens with zero attached hydrogens (tertiary/aromatic N) is 4. The zero-order valence-electron chi connectivity index (χ0n) is 17.0. The van der Waals surface area contributed by atoms with Crippen molar-refractivity contribution in [2.75, 3.05) is 19.6 Å². The summed E-state index contributed by atoms with van der Waals surface area (Å²) in [5.74, 6) is 1.67. The second-order valence-corrected chi connectivity index (χ2v) is 8.37. The Labute approximate surface area is 189 Å². The molecule has 0 bridgehead atoms. The summed E-state index contributed by atoms with van der Waals surface area (Å²) in [6, 6.07) is 9.11. The monoisotopic (exact) mass is 453 g/mol. The van der Waals surface area contributed by atoms with Crippen molar-refractivity contribution >= 4 is 36.2 Å². The molecule has 1 saturated heterocycles. The van der Waals surface area contributed by atoms with Gasteiger partial charge in [-0.15, -0.1) is 36.2 Å². The first kappa shape index (κ1) is 23.8. The zero-order valence-corrected chi connectivity index (χ0v) is 19.5. The summed E-state index contributed by atoms with van der Waals surface area (Å²) in [6.45, 7) is 8.25. The van der Waals surface area contributed by atoms with Crippen molar-refractivity contribution < 1.29 is 0 Å². The molecule has 1 fully saturated rings. The van der Waals surface area contributed by atoms with E-state index in [1.165, 1.54) is 11.1 Å². The lowest BCUT2D eigenvalue weighted by Gasteiger charge is -2.35. The van der Waals surface area contributed by atoms with Gasteiger partial charge < -0.3 is 9.88 Å². The van der Waals surface area contributed by atoms with Gasteiger partial charge in [-0.05, 0) is 11.5 Å². The molecular formula is C21H29Cl2N5S. The topological polar surface area (TPSA) is 46.0 Å².